The first-order valence-electron chi connectivity index (χ1n) is 10.4. The van der Waals surface area contributed by atoms with Gasteiger partial charge >= 0.3 is 63.3 Å². The van der Waals surface area contributed by atoms with Gasteiger partial charge in [-0.3, -0.25) is 29.8 Å². The number of nitrogens with zero attached hydrogens (tertiary/aromatic N) is 2. The Hall–Kier alpha value is -2.22. The van der Waals surface area contributed by atoms with Gasteiger partial charge in [-0.05, 0) is 24.0 Å². The molecule has 2 aromatic rings. The Labute approximate surface area is 245 Å². The van der Waals surface area contributed by atoms with Crippen molar-refractivity contribution in [2.75, 3.05) is 7.11 Å². The molecule has 12 heteroatoms. The molecule has 0 amide bonds. The van der Waals surface area contributed by atoms with Crippen LogP contribution in [0.3, 0.4) is 0 Å². The normalized spacial score (nSPS) is 11.3. The van der Waals surface area contributed by atoms with Gasteiger partial charge in [0.05, 0.1) is 28.8 Å². The van der Waals surface area contributed by atoms with Crippen molar-refractivity contribution in [3.63, 3.8) is 0 Å². The molecule has 0 aromatic heterocycles. The van der Waals surface area contributed by atoms with E-state index in [1.165, 1.54) is 43.5 Å². The van der Waals surface area contributed by atoms with Gasteiger partial charge in [0.25, 0.3) is 11.4 Å². The summed E-state index contributed by atoms with van der Waals surface area (Å²) in [5, 5.41) is 29.9. The molecule has 0 saturated heterocycles. The molecule has 2 unspecified atom stereocenters. The Morgan fingerprint density at radius 3 is 1.46 bits per heavy atom. The molecule has 0 aliphatic heterocycles. The number of ether oxygens (including phenoxy) is 1. The number of aliphatic carboxylic acids is 1. The first-order chi connectivity index (χ1) is 15.7. The van der Waals surface area contributed by atoms with Crippen LogP contribution < -0.4 is 51.4 Å². The zero-order chi connectivity index (χ0) is 25.0. The van der Waals surface area contributed by atoms with Crippen molar-refractivity contribution in [2.24, 2.45) is 0 Å². The first-order valence-corrected chi connectivity index (χ1v) is 10.4. The van der Waals surface area contributed by atoms with Crippen LogP contribution in [0.4, 0.5) is 11.4 Å². The fraction of sp³-hybridized carbons (Fsp3) is 0.391. The number of rotatable bonds is 10. The monoisotopic (exact) mass is 516 g/mol. The maximum absolute atomic E-state index is 11.6. The van der Waals surface area contributed by atoms with Gasteiger partial charge in [0, 0.05) is 24.3 Å². The second kappa shape index (κ2) is 18.1. The van der Waals surface area contributed by atoms with E-state index in [4.69, 9.17) is 9.84 Å². The molecule has 2 N–H and O–H groups in total. The van der Waals surface area contributed by atoms with Gasteiger partial charge in [0.2, 0.25) is 0 Å². The van der Waals surface area contributed by atoms with Crippen LogP contribution in [0.5, 0.6) is 0 Å². The number of methoxy groups -OCH3 is 1. The van der Waals surface area contributed by atoms with E-state index >= 15 is 0 Å². The van der Waals surface area contributed by atoms with Crippen LogP contribution in [-0.2, 0) is 14.3 Å². The van der Waals surface area contributed by atoms with E-state index in [0.717, 1.165) is 18.4 Å². The number of carbonyl (C=O) groups excluding carboxylic acids is 1. The summed E-state index contributed by atoms with van der Waals surface area (Å²) in [5.41, 5.74) is 1.36. The summed E-state index contributed by atoms with van der Waals surface area (Å²) in [7, 11) is 1.34. The summed E-state index contributed by atoms with van der Waals surface area (Å²) < 4.78 is 4.72. The Morgan fingerprint density at radius 2 is 1.17 bits per heavy atom. The largest absolute Gasteiger partial charge is 1.00 e. The van der Waals surface area contributed by atoms with Gasteiger partial charge in [-0.2, -0.15) is 0 Å². The predicted molar refractivity (Wildman–Crippen MR) is 123 cm³/mol. The smallest absolute Gasteiger partial charge is 0.870 e. The van der Waals surface area contributed by atoms with Crippen LogP contribution >= 0.6 is 0 Å². The van der Waals surface area contributed by atoms with Crippen molar-refractivity contribution in [1.82, 2.24) is 0 Å². The number of hydrogen-bond donors (Lipinski definition) is 1. The van der Waals surface area contributed by atoms with Crippen LogP contribution in [0.25, 0.3) is 0 Å². The van der Waals surface area contributed by atoms with Crippen molar-refractivity contribution >= 4 is 23.3 Å². The zero-order valence-electron chi connectivity index (χ0n) is 20.2. The van der Waals surface area contributed by atoms with Gasteiger partial charge < -0.3 is 15.3 Å². The molecule has 0 saturated carbocycles. The number of esters is 1. The molecule has 0 spiro atoms. The summed E-state index contributed by atoms with van der Waals surface area (Å²) >= 11 is 0. The molecule has 0 bridgehead atoms. The number of carboxylic acids is 1. The number of carbonyl (C=O) groups is 2. The summed E-state index contributed by atoms with van der Waals surface area (Å²) in [4.78, 5) is 42.5. The number of nitro benzene ring substituents is 2. The average molecular weight is 517 g/mol. The van der Waals surface area contributed by atoms with Crippen molar-refractivity contribution in [3.05, 3.63) is 79.9 Å². The standard InChI is InChI=1S/C12H15NO4.C11H13NO4.K.H2O/c1-3-4-11(12(14)17-2)9-5-7-10(8-6-9)13(15)16;1-2-3-10(11(13)14)8-4-6-9(7-5-8)12(15)16;;/h5-8,11H,3-4H2,1-2H3;4-7,10H,2-3H2,1H3,(H,13,14);;1H2/q;;+1;/p-1. The SMILES string of the molecule is CCCC(C(=O)O)c1ccc([N+](=O)[O-])cc1.CCCC(C(=O)OC)c1ccc([N+](=O)[O-])cc1.[K+].[OH-]. The molecule has 35 heavy (non-hydrogen) atoms. The van der Waals surface area contributed by atoms with Gasteiger partial charge in [-0.1, -0.05) is 51.0 Å². The fourth-order valence-electron chi connectivity index (χ4n) is 3.23. The Balaban J connectivity index is 0. The minimum Gasteiger partial charge on any atom is -0.870 e. The van der Waals surface area contributed by atoms with Gasteiger partial charge in [-0.25, -0.2) is 0 Å². The fourth-order valence-corrected chi connectivity index (χ4v) is 3.23. The molecule has 0 radical (unpaired) electrons. The topological polar surface area (TPSA) is 180 Å². The Kier molecular flexibility index (Phi) is 18.1. The van der Waals surface area contributed by atoms with Crippen molar-refractivity contribution in [1.29, 1.82) is 0 Å². The van der Waals surface area contributed by atoms with E-state index in [2.05, 4.69) is 0 Å². The number of nitro groups is 2. The van der Waals surface area contributed by atoms with Crippen LogP contribution in [0.1, 0.15) is 62.5 Å². The maximum atomic E-state index is 11.6. The summed E-state index contributed by atoms with van der Waals surface area (Å²) in [6, 6.07) is 11.7. The molecule has 0 aliphatic carbocycles. The molecule has 11 nitrogen and oxygen atoms in total. The predicted octanol–water partition coefficient (Wildman–Crippen LogP) is 2.04. The molecule has 2 rings (SSSR count). The van der Waals surface area contributed by atoms with Crippen molar-refractivity contribution < 1.29 is 86.1 Å². The molecular formula is C23H29KN2O9. The van der Waals surface area contributed by atoms with Gasteiger partial charge in [-0.15, -0.1) is 0 Å². The van der Waals surface area contributed by atoms with E-state index in [-0.39, 0.29) is 80.1 Å². The van der Waals surface area contributed by atoms with Crippen molar-refractivity contribution in [2.45, 2.75) is 51.4 Å². The molecule has 0 fully saturated rings. The Bertz CT molecular complexity index is 950. The second-order valence-corrected chi connectivity index (χ2v) is 7.24. The van der Waals surface area contributed by atoms with Crippen LogP contribution in [0, 0.1) is 20.2 Å². The third-order valence-corrected chi connectivity index (χ3v) is 4.95. The number of non-ortho nitro benzene ring substituents is 2. The second-order valence-electron chi connectivity index (χ2n) is 7.24. The zero-order valence-corrected chi connectivity index (χ0v) is 23.4. The quantitative estimate of drug-likeness (QED) is 0.214. The van der Waals surface area contributed by atoms with Gasteiger partial charge in [0.15, 0.2) is 0 Å². The number of hydrogen-bond acceptors (Lipinski definition) is 8. The maximum Gasteiger partial charge on any atom is 1.00 e. The minimum absolute atomic E-state index is 0. The summed E-state index contributed by atoms with van der Waals surface area (Å²) in [5.74, 6) is -2.12. The molecular weight excluding hydrogens is 487 g/mol. The summed E-state index contributed by atoms with van der Waals surface area (Å²) in [6.07, 6.45) is 2.81. The Morgan fingerprint density at radius 1 is 0.829 bits per heavy atom. The van der Waals surface area contributed by atoms with E-state index in [1.54, 1.807) is 12.1 Å². The number of carboxylic acid groups (broad SMARTS) is 1. The minimum atomic E-state index is -0.893. The van der Waals surface area contributed by atoms with Crippen molar-refractivity contribution in [3.8, 4) is 0 Å². The third-order valence-electron chi connectivity index (χ3n) is 4.95. The van der Waals surface area contributed by atoms with Gasteiger partial charge in [0.1, 0.15) is 0 Å². The first kappa shape index (κ1) is 34.9. The molecule has 0 heterocycles. The van der Waals surface area contributed by atoms with E-state index < -0.39 is 21.7 Å². The van der Waals surface area contributed by atoms with E-state index in [1.807, 2.05) is 13.8 Å². The molecule has 0 aliphatic rings. The average Bonchev–Trinajstić information content (AvgIpc) is 2.81. The van der Waals surface area contributed by atoms with Crippen LogP contribution in [0.2, 0.25) is 0 Å². The molecule has 2 atom stereocenters. The number of benzene rings is 2. The third kappa shape index (κ3) is 11.4. The van der Waals surface area contributed by atoms with Crippen LogP contribution in [0.15, 0.2) is 48.5 Å². The van der Waals surface area contributed by atoms with Crippen LogP contribution in [-0.4, -0.2) is 39.5 Å². The van der Waals surface area contributed by atoms with E-state index in [0.29, 0.717) is 18.4 Å². The molecule has 2 aromatic carbocycles. The van der Waals surface area contributed by atoms with E-state index in [9.17, 15) is 29.8 Å². The summed E-state index contributed by atoms with van der Waals surface area (Å²) in [6.45, 7) is 3.88. The molecule has 186 valence electrons.